The van der Waals surface area contributed by atoms with Crippen LogP contribution in [-0.4, -0.2) is 65.2 Å². The van der Waals surface area contributed by atoms with Gasteiger partial charge in [-0.1, -0.05) is 0 Å². The Hall–Kier alpha value is -2.83. The Bertz CT molecular complexity index is 638. The summed E-state index contributed by atoms with van der Waals surface area (Å²) in [5.74, 6) is -1.71. The number of aliphatic hydroxyl groups excluding tert-OH is 1. The lowest BCUT2D eigenvalue weighted by molar-refractivity contribution is -0.393. The molecule has 1 aliphatic heterocycles. The topological polar surface area (TPSA) is 190 Å². The summed E-state index contributed by atoms with van der Waals surface area (Å²) in [6.45, 7) is 1.95. The summed E-state index contributed by atoms with van der Waals surface area (Å²) in [6, 6.07) is 1.53. The molecule has 1 fully saturated rings. The van der Waals surface area contributed by atoms with Gasteiger partial charge >= 0.3 is 0 Å². The van der Waals surface area contributed by atoms with Crippen LogP contribution in [0.2, 0.25) is 0 Å². The first kappa shape index (κ1) is 20.2. The number of nitro groups is 2. The van der Waals surface area contributed by atoms with Gasteiger partial charge in [0.25, 0.3) is 11.4 Å². The number of hydrogen-bond acceptors (Lipinski definition) is 9. The van der Waals surface area contributed by atoms with Crippen molar-refractivity contribution in [2.75, 3.05) is 44.2 Å². The normalized spacial score (nSPS) is 14.7. The number of β-amino-alcohol motifs (C(OH)–C–C–N with tert-alkyl or cyclic N) is 1. The number of carbonyl (C=O) groups is 1. The number of carboxylic acid groups (broad SMARTS) is 1. The van der Waals surface area contributed by atoms with E-state index < -0.39 is 32.8 Å². The molecule has 0 bridgehead atoms. The molecule has 0 aromatic heterocycles. The van der Waals surface area contributed by atoms with E-state index in [1.54, 1.807) is 0 Å². The summed E-state index contributed by atoms with van der Waals surface area (Å²) in [7, 11) is 0. The maximum absolute atomic E-state index is 11.4. The number of aliphatic hydroxyl groups is 1. The number of aromatic carboxylic acids is 1. The van der Waals surface area contributed by atoms with Crippen LogP contribution in [0.4, 0.5) is 17.1 Å². The number of nitrogens with zero attached hydrogens (tertiary/aromatic N) is 4. The van der Waals surface area contributed by atoms with Gasteiger partial charge in [0.05, 0.1) is 28.5 Å². The molecule has 138 valence electrons. The molecular formula is C13H19N5O7. The van der Waals surface area contributed by atoms with Crippen molar-refractivity contribution < 1.29 is 24.9 Å². The van der Waals surface area contributed by atoms with Gasteiger partial charge in [-0.15, -0.1) is 0 Å². The molecule has 0 aliphatic carbocycles. The second-order valence-electron chi connectivity index (χ2n) is 5.22. The minimum absolute atomic E-state index is 0. The number of quaternary nitrogens is 1. The second kappa shape index (κ2) is 8.32. The zero-order valence-corrected chi connectivity index (χ0v) is 13.6. The summed E-state index contributed by atoms with van der Waals surface area (Å²) < 4.78 is 0. The van der Waals surface area contributed by atoms with Crippen molar-refractivity contribution in [1.82, 2.24) is 11.1 Å². The van der Waals surface area contributed by atoms with Crippen molar-refractivity contribution >= 4 is 23.0 Å². The largest absolute Gasteiger partial charge is 0.545 e. The van der Waals surface area contributed by atoms with E-state index >= 15 is 0 Å². The van der Waals surface area contributed by atoms with Crippen LogP contribution in [-0.2, 0) is 0 Å². The molecule has 0 amide bonds. The van der Waals surface area contributed by atoms with Crippen molar-refractivity contribution in [3.05, 3.63) is 37.9 Å². The first-order chi connectivity index (χ1) is 11.3. The Kier molecular flexibility index (Phi) is 6.73. The lowest BCUT2D eigenvalue weighted by Gasteiger charge is -2.36. The van der Waals surface area contributed by atoms with Gasteiger partial charge in [0, 0.05) is 44.4 Å². The highest BCUT2D eigenvalue weighted by atomic mass is 16.6. The fraction of sp³-hybridized carbons (Fsp3) is 0.462. The fourth-order valence-corrected chi connectivity index (χ4v) is 2.67. The van der Waals surface area contributed by atoms with Crippen LogP contribution >= 0.6 is 0 Å². The Morgan fingerprint density at radius 1 is 1.12 bits per heavy atom. The maximum atomic E-state index is 11.4. The number of benzene rings is 1. The predicted octanol–water partition coefficient (Wildman–Crippen LogP) is -0.643. The summed E-state index contributed by atoms with van der Waals surface area (Å²) in [6.07, 6.45) is 0. The average molecular weight is 357 g/mol. The van der Waals surface area contributed by atoms with Crippen molar-refractivity contribution in [2.24, 2.45) is 0 Å². The molecule has 5 N–H and O–H groups in total. The van der Waals surface area contributed by atoms with E-state index in [2.05, 4.69) is 0 Å². The molecule has 0 saturated carbocycles. The quantitative estimate of drug-likeness (QED) is 0.492. The molecule has 12 heteroatoms. The molecule has 0 atom stereocenters. The second-order valence-corrected chi connectivity index (χ2v) is 5.22. The van der Waals surface area contributed by atoms with Crippen molar-refractivity contribution in [3.8, 4) is 0 Å². The molecule has 1 saturated heterocycles. The van der Waals surface area contributed by atoms with Crippen molar-refractivity contribution in [1.29, 1.82) is 0 Å². The Labute approximate surface area is 142 Å². The third kappa shape index (κ3) is 4.37. The zero-order valence-electron chi connectivity index (χ0n) is 13.6. The minimum atomic E-state index is -1.71. The highest BCUT2D eigenvalue weighted by Crippen LogP contribution is 2.36. The molecule has 12 nitrogen and oxygen atoms in total. The van der Waals surface area contributed by atoms with Crippen LogP contribution in [0.3, 0.4) is 0 Å². The third-order valence-corrected chi connectivity index (χ3v) is 3.81. The predicted molar refractivity (Wildman–Crippen MR) is 85.8 cm³/mol. The van der Waals surface area contributed by atoms with E-state index in [0.29, 0.717) is 32.7 Å². The number of nitro benzene ring substituents is 2. The van der Waals surface area contributed by atoms with Crippen LogP contribution < -0.4 is 16.2 Å². The molecule has 1 heterocycles. The number of piperazine rings is 1. The number of rotatable bonds is 6. The lowest BCUT2D eigenvalue weighted by Crippen LogP contribution is -2.48. The zero-order chi connectivity index (χ0) is 17.9. The Balaban J connectivity index is 0.00000312. The highest BCUT2D eigenvalue weighted by molar-refractivity contribution is 5.97. The smallest absolute Gasteiger partial charge is 0.300 e. The maximum Gasteiger partial charge on any atom is 0.300 e. The standard InChI is InChI=1S/C13H16N4O7.H3N/c18-6-5-14-1-3-15(4-2-14)12-10(13(19)20)7-9(16(21)22)8-11(12)17(23)24;/h7-8,18H,1-6H2,(H,19,20);1H3. The van der Waals surface area contributed by atoms with Crippen molar-refractivity contribution in [3.63, 3.8) is 0 Å². The number of hydrogen-bond donors (Lipinski definition) is 2. The average Bonchev–Trinajstić information content (AvgIpc) is 2.54. The van der Waals surface area contributed by atoms with E-state index in [4.69, 9.17) is 5.11 Å². The van der Waals surface area contributed by atoms with Gasteiger partial charge in [0.1, 0.15) is 5.69 Å². The molecule has 0 radical (unpaired) electrons. The molecule has 1 aromatic carbocycles. The van der Waals surface area contributed by atoms with Crippen LogP contribution in [0.15, 0.2) is 12.1 Å². The number of non-ortho nitro benzene ring substituents is 1. The summed E-state index contributed by atoms with van der Waals surface area (Å²) >= 11 is 0. The van der Waals surface area contributed by atoms with E-state index in [1.165, 1.54) is 4.90 Å². The molecule has 0 unspecified atom stereocenters. The van der Waals surface area contributed by atoms with Gasteiger partial charge in [-0.05, 0) is 0 Å². The van der Waals surface area contributed by atoms with E-state index in [9.17, 15) is 30.1 Å². The van der Waals surface area contributed by atoms with E-state index in [1.807, 2.05) is 4.90 Å². The third-order valence-electron chi connectivity index (χ3n) is 3.81. The van der Waals surface area contributed by atoms with Crippen LogP contribution in [0.25, 0.3) is 0 Å². The molecular weight excluding hydrogens is 338 g/mol. The molecule has 1 aliphatic rings. The number of anilines is 1. The van der Waals surface area contributed by atoms with Crippen LogP contribution in [0.5, 0.6) is 0 Å². The number of carboxylic acids is 1. The van der Waals surface area contributed by atoms with Gasteiger partial charge in [0.2, 0.25) is 0 Å². The molecule has 0 spiro atoms. The summed E-state index contributed by atoms with van der Waals surface area (Å²) in [4.78, 5) is 35.2. The van der Waals surface area contributed by atoms with Gasteiger partial charge < -0.3 is 26.1 Å². The van der Waals surface area contributed by atoms with E-state index in [-0.39, 0.29) is 18.4 Å². The molecule has 25 heavy (non-hydrogen) atoms. The molecule has 2 rings (SSSR count). The Morgan fingerprint density at radius 3 is 2.16 bits per heavy atom. The lowest BCUT2D eigenvalue weighted by atomic mass is 10.1. The SMILES string of the molecule is O=C([O-])c1cc([N+](=O)[O-])cc([N+](=O)[O-])c1N1CCN(CCO)CC1.[NH4+]. The minimum Gasteiger partial charge on any atom is -0.545 e. The number of carbonyl (C=O) groups excluding carboxylic acids is 1. The van der Waals surface area contributed by atoms with E-state index in [0.717, 1.165) is 12.1 Å². The first-order valence-corrected chi connectivity index (χ1v) is 7.11. The van der Waals surface area contributed by atoms with Crippen LogP contribution in [0, 0.1) is 20.2 Å². The summed E-state index contributed by atoms with van der Waals surface area (Å²) in [5.41, 5.74) is -2.08. The monoisotopic (exact) mass is 357 g/mol. The van der Waals surface area contributed by atoms with Gasteiger partial charge in [-0.3, -0.25) is 25.1 Å². The van der Waals surface area contributed by atoms with Gasteiger partial charge in [0.15, 0.2) is 0 Å². The Morgan fingerprint density at radius 2 is 1.72 bits per heavy atom. The fourth-order valence-electron chi connectivity index (χ4n) is 2.67. The molecule has 1 aromatic rings. The van der Waals surface area contributed by atoms with Crippen LogP contribution in [0.1, 0.15) is 10.4 Å². The van der Waals surface area contributed by atoms with Gasteiger partial charge in [-0.25, -0.2) is 0 Å². The first-order valence-electron chi connectivity index (χ1n) is 7.11. The van der Waals surface area contributed by atoms with Gasteiger partial charge in [-0.2, -0.15) is 0 Å². The highest BCUT2D eigenvalue weighted by Gasteiger charge is 2.30. The van der Waals surface area contributed by atoms with Crippen molar-refractivity contribution in [2.45, 2.75) is 0 Å². The summed E-state index contributed by atoms with van der Waals surface area (Å²) in [5, 5.41) is 42.4.